The summed E-state index contributed by atoms with van der Waals surface area (Å²) in [5, 5.41) is 8.00. The molecule has 20 heavy (non-hydrogen) atoms. The first-order chi connectivity index (χ1) is 9.86. The average Bonchev–Trinajstić information content (AvgIpc) is 3.13. The van der Waals surface area contributed by atoms with Gasteiger partial charge >= 0.3 is 0 Å². The normalized spacial score (nSPS) is 14.8. The topological polar surface area (TPSA) is 21.3 Å². The minimum absolute atomic E-state index is 0.468. The highest BCUT2D eigenvalue weighted by Gasteiger charge is 2.14. The van der Waals surface area contributed by atoms with Gasteiger partial charge in [-0.05, 0) is 59.0 Å². The third-order valence-electron chi connectivity index (χ3n) is 3.87. The second-order valence-corrected chi connectivity index (χ2v) is 6.03. The average molecular weight is 287 g/mol. The molecule has 2 aromatic rings. The molecule has 1 atom stereocenters. The SMILES string of the molecule is CCNC(CCc1ccc2c(c1)CCO2)c1ccsc1. The fourth-order valence-corrected chi connectivity index (χ4v) is 3.53. The molecule has 1 aromatic carbocycles. The molecule has 0 aliphatic carbocycles. The molecule has 1 aliphatic rings. The summed E-state index contributed by atoms with van der Waals surface area (Å²) in [5.74, 6) is 1.08. The number of nitrogens with one attached hydrogen (secondary N) is 1. The van der Waals surface area contributed by atoms with Crippen LogP contribution in [-0.4, -0.2) is 13.2 Å². The lowest BCUT2D eigenvalue weighted by Crippen LogP contribution is -2.21. The van der Waals surface area contributed by atoms with Gasteiger partial charge in [-0.3, -0.25) is 0 Å². The van der Waals surface area contributed by atoms with Crippen molar-refractivity contribution in [1.82, 2.24) is 5.32 Å². The third kappa shape index (κ3) is 3.05. The van der Waals surface area contributed by atoms with Gasteiger partial charge in [0.1, 0.15) is 5.75 Å². The number of ether oxygens (including phenoxy) is 1. The van der Waals surface area contributed by atoms with Gasteiger partial charge in [-0.2, -0.15) is 11.3 Å². The summed E-state index contributed by atoms with van der Waals surface area (Å²) in [6.07, 6.45) is 3.31. The van der Waals surface area contributed by atoms with Crippen molar-refractivity contribution < 1.29 is 4.74 Å². The van der Waals surface area contributed by atoms with Crippen molar-refractivity contribution in [2.75, 3.05) is 13.2 Å². The summed E-state index contributed by atoms with van der Waals surface area (Å²) >= 11 is 1.78. The highest BCUT2D eigenvalue weighted by atomic mass is 32.1. The van der Waals surface area contributed by atoms with E-state index in [1.165, 1.54) is 16.7 Å². The standard InChI is InChI=1S/C17H21NOS/c1-2-18-16(15-8-10-20-12-15)5-3-13-4-6-17-14(11-13)7-9-19-17/h4,6,8,10-12,16,18H,2-3,5,7,9H2,1H3. The van der Waals surface area contributed by atoms with E-state index < -0.39 is 0 Å². The molecule has 106 valence electrons. The van der Waals surface area contributed by atoms with E-state index in [0.29, 0.717) is 6.04 Å². The molecule has 0 radical (unpaired) electrons. The maximum Gasteiger partial charge on any atom is 0.122 e. The monoisotopic (exact) mass is 287 g/mol. The first-order valence-electron chi connectivity index (χ1n) is 7.37. The van der Waals surface area contributed by atoms with Crippen LogP contribution in [0.15, 0.2) is 35.0 Å². The molecule has 3 heteroatoms. The van der Waals surface area contributed by atoms with Crippen molar-refractivity contribution in [3.63, 3.8) is 0 Å². The molecule has 1 unspecified atom stereocenters. The Labute approximate surface area is 124 Å². The Hall–Kier alpha value is -1.32. The van der Waals surface area contributed by atoms with Gasteiger partial charge in [-0.1, -0.05) is 19.1 Å². The lowest BCUT2D eigenvalue weighted by Gasteiger charge is -2.17. The Balaban J connectivity index is 1.65. The maximum atomic E-state index is 5.57. The van der Waals surface area contributed by atoms with E-state index in [2.05, 4.69) is 47.3 Å². The summed E-state index contributed by atoms with van der Waals surface area (Å²) in [4.78, 5) is 0. The van der Waals surface area contributed by atoms with Crippen LogP contribution in [0.4, 0.5) is 0 Å². The first-order valence-corrected chi connectivity index (χ1v) is 8.31. The Bertz CT molecular complexity index is 550. The number of rotatable bonds is 6. The van der Waals surface area contributed by atoms with E-state index in [0.717, 1.165) is 38.2 Å². The van der Waals surface area contributed by atoms with Gasteiger partial charge in [0, 0.05) is 12.5 Å². The number of aryl methyl sites for hydroxylation is 1. The molecule has 0 saturated heterocycles. The fraction of sp³-hybridized carbons (Fsp3) is 0.412. The van der Waals surface area contributed by atoms with E-state index in [-0.39, 0.29) is 0 Å². The van der Waals surface area contributed by atoms with Crippen LogP contribution in [0.5, 0.6) is 5.75 Å². The van der Waals surface area contributed by atoms with Crippen LogP contribution >= 0.6 is 11.3 Å². The van der Waals surface area contributed by atoms with Gasteiger partial charge in [0.15, 0.2) is 0 Å². The van der Waals surface area contributed by atoms with Crippen LogP contribution in [0, 0.1) is 0 Å². The predicted octanol–water partition coefficient (Wildman–Crippen LogP) is 3.97. The second kappa shape index (κ2) is 6.42. The van der Waals surface area contributed by atoms with Gasteiger partial charge in [-0.15, -0.1) is 0 Å². The summed E-state index contributed by atoms with van der Waals surface area (Å²) in [7, 11) is 0. The van der Waals surface area contributed by atoms with Crippen molar-refractivity contribution in [3.05, 3.63) is 51.7 Å². The quantitative estimate of drug-likeness (QED) is 0.868. The zero-order valence-electron chi connectivity index (χ0n) is 11.9. The van der Waals surface area contributed by atoms with Crippen molar-refractivity contribution in [1.29, 1.82) is 0 Å². The van der Waals surface area contributed by atoms with Gasteiger partial charge in [-0.25, -0.2) is 0 Å². The second-order valence-electron chi connectivity index (χ2n) is 5.25. The summed E-state index contributed by atoms with van der Waals surface area (Å²) < 4.78 is 5.57. The van der Waals surface area contributed by atoms with Crippen LogP contribution in [0.3, 0.4) is 0 Å². The highest BCUT2D eigenvalue weighted by molar-refractivity contribution is 7.07. The number of thiophene rings is 1. The molecular weight excluding hydrogens is 266 g/mol. The van der Waals surface area contributed by atoms with E-state index in [4.69, 9.17) is 4.74 Å². The smallest absolute Gasteiger partial charge is 0.122 e. The van der Waals surface area contributed by atoms with Gasteiger partial charge in [0.25, 0.3) is 0 Å². The molecule has 0 saturated carbocycles. The molecular formula is C17H21NOS. The summed E-state index contributed by atoms with van der Waals surface area (Å²) in [5.41, 5.74) is 4.21. The van der Waals surface area contributed by atoms with E-state index >= 15 is 0 Å². The molecule has 0 amide bonds. The van der Waals surface area contributed by atoms with Crippen LogP contribution < -0.4 is 10.1 Å². The third-order valence-corrected chi connectivity index (χ3v) is 4.57. The largest absolute Gasteiger partial charge is 0.493 e. The summed E-state index contributed by atoms with van der Waals surface area (Å²) in [6, 6.07) is 9.36. The van der Waals surface area contributed by atoms with Crippen molar-refractivity contribution in [2.45, 2.75) is 32.2 Å². The van der Waals surface area contributed by atoms with E-state index in [1.54, 1.807) is 11.3 Å². The van der Waals surface area contributed by atoms with Gasteiger partial charge < -0.3 is 10.1 Å². The number of hydrogen-bond acceptors (Lipinski definition) is 3. The first kappa shape index (κ1) is 13.7. The van der Waals surface area contributed by atoms with Gasteiger partial charge in [0.2, 0.25) is 0 Å². The van der Waals surface area contributed by atoms with Crippen LogP contribution in [0.1, 0.15) is 36.1 Å². The molecule has 2 nitrogen and oxygen atoms in total. The fourth-order valence-electron chi connectivity index (χ4n) is 2.81. The number of fused-ring (bicyclic) bond motifs is 1. The van der Waals surface area contributed by atoms with Crippen LogP contribution in [0.25, 0.3) is 0 Å². The molecule has 0 fully saturated rings. The minimum Gasteiger partial charge on any atom is -0.493 e. The molecule has 3 rings (SSSR count). The maximum absolute atomic E-state index is 5.57. The lowest BCUT2D eigenvalue weighted by atomic mass is 9.99. The molecule has 1 aliphatic heterocycles. The van der Waals surface area contributed by atoms with E-state index in [1.807, 2.05) is 0 Å². The van der Waals surface area contributed by atoms with Crippen LogP contribution in [0.2, 0.25) is 0 Å². The molecule has 2 heterocycles. The van der Waals surface area contributed by atoms with Crippen LogP contribution in [-0.2, 0) is 12.8 Å². The Morgan fingerprint density at radius 3 is 3.10 bits per heavy atom. The summed E-state index contributed by atoms with van der Waals surface area (Å²) in [6.45, 7) is 4.03. The zero-order valence-corrected chi connectivity index (χ0v) is 12.7. The van der Waals surface area contributed by atoms with Gasteiger partial charge in [0.05, 0.1) is 6.61 Å². The van der Waals surface area contributed by atoms with E-state index in [9.17, 15) is 0 Å². The Kier molecular flexibility index (Phi) is 4.38. The lowest BCUT2D eigenvalue weighted by molar-refractivity contribution is 0.357. The zero-order chi connectivity index (χ0) is 13.8. The number of hydrogen-bond donors (Lipinski definition) is 1. The Morgan fingerprint density at radius 1 is 1.35 bits per heavy atom. The van der Waals surface area contributed by atoms with Crippen molar-refractivity contribution >= 4 is 11.3 Å². The molecule has 0 spiro atoms. The Morgan fingerprint density at radius 2 is 2.30 bits per heavy atom. The van der Waals surface area contributed by atoms with Crippen molar-refractivity contribution in [2.24, 2.45) is 0 Å². The molecule has 1 aromatic heterocycles. The molecule has 1 N–H and O–H groups in total. The minimum atomic E-state index is 0.468. The predicted molar refractivity (Wildman–Crippen MR) is 84.7 cm³/mol. The van der Waals surface area contributed by atoms with Crippen molar-refractivity contribution in [3.8, 4) is 5.75 Å². The highest BCUT2D eigenvalue weighted by Crippen LogP contribution is 2.27. The molecule has 0 bridgehead atoms. The number of benzene rings is 1.